The standard InChI is InChI=1S/C15H26.2C2H6/c1-7-11-13(6)15(10-4)14(9-3)12(5)8-2;2*1-2/h9-10,12-13H,3-4,7-8,11H2,1-2,5-6H3;2*1-2H3/b15-14-;;. The van der Waals surface area contributed by atoms with Gasteiger partial charge in [0, 0.05) is 0 Å². The van der Waals surface area contributed by atoms with Crippen molar-refractivity contribution in [3.63, 3.8) is 0 Å². The molecule has 0 N–H and O–H groups in total. The summed E-state index contributed by atoms with van der Waals surface area (Å²) in [4.78, 5) is 0. The lowest BCUT2D eigenvalue weighted by molar-refractivity contribution is 0.586. The van der Waals surface area contributed by atoms with Crippen LogP contribution in [0.4, 0.5) is 0 Å². The van der Waals surface area contributed by atoms with Crippen LogP contribution in [-0.2, 0) is 0 Å². The fourth-order valence-electron chi connectivity index (χ4n) is 2.02. The molecule has 0 radical (unpaired) electrons. The van der Waals surface area contributed by atoms with Gasteiger partial charge in [-0.15, -0.1) is 0 Å². The highest BCUT2D eigenvalue weighted by molar-refractivity contribution is 5.34. The van der Waals surface area contributed by atoms with E-state index in [-0.39, 0.29) is 0 Å². The van der Waals surface area contributed by atoms with Crippen LogP contribution >= 0.6 is 0 Å². The van der Waals surface area contributed by atoms with E-state index in [4.69, 9.17) is 0 Å². The highest BCUT2D eigenvalue weighted by Gasteiger charge is 2.12. The second-order valence-electron chi connectivity index (χ2n) is 4.32. The lowest BCUT2D eigenvalue weighted by atomic mass is 9.86. The summed E-state index contributed by atoms with van der Waals surface area (Å²) in [5, 5.41) is 0. The Morgan fingerprint density at radius 3 is 1.47 bits per heavy atom. The normalized spacial score (nSPS) is 13.7. The molecular formula is C19H38. The van der Waals surface area contributed by atoms with Crippen LogP contribution in [0.5, 0.6) is 0 Å². The van der Waals surface area contributed by atoms with E-state index in [9.17, 15) is 0 Å². The maximum Gasteiger partial charge on any atom is -0.0188 e. The predicted molar refractivity (Wildman–Crippen MR) is 93.6 cm³/mol. The van der Waals surface area contributed by atoms with Crippen LogP contribution in [0.15, 0.2) is 36.5 Å². The monoisotopic (exact) mass is 266 g/mol. The molecule has 2 atom stereocenters. The van der Waals surface area contributed by atoms with E-state index in [0.29, 0.717) is 11.8 Å². The Kier molecular flexibility index (Phi) is 21.1. The Morgan fingerprint density at radius 2 is 1.21 bits per heavy atom. The smallest absolute Gasteiger partial charge is 0.0188 e. The van der Waals surface area contributed by atoms with Crippen molar-refractivity contribution in [1.29, 1.82) is 0 Å². The summed E-state index contributed by atoms with van der Waals surface area (Å²) in [6.07, 6.45) is 7.65. The van der Waals surface area contributed by atoms with E-state index >= 15 is 0 Å². The quantitative estimate of drug-likeness (QED) is 0.428. The lowest BCUT2D eigenvalue weighted by Gasteiger charge is -2.20. The van der Waals surface area contributed by atoms with Gasteiger partial charge in [0.1, 0.15) is 0 Å². The second kappa shape index (κ2) is 17.2. The van der Waals surface area contributed by atoms with Crippen LogP contribution in [0.25, 0.3) is 0 Å². The summed E-state index contributed by atoms with van der Waals surface area (Å²) < 4.78 is 0. The van der Waals surface area contributed by atoms with Crippen molar-refractivity contribution in [2.75, 3.05) is 0 Å². The van der Waals surface area contributed by atoms with Crippen molar-refractivity contribution in [3.05, 3.63) is 36.5 Å². The van der Waals surface area contributed by atoms with E-state index in [2.05, 4.69) is 40.9 Å². The van der Waals surface area contributed by atoms with E-state index in [1.807, 2.05) is 39.8 Å². The fraction of sp³-hybridized carbons (Fsp3) is 0.684. The van der Waals surface area contributed by atoms with Gasteiger partial charge in [-0.25, -0.2) is 0 Å². The van der Waals surface area contributed by atoms with Gasteiger partial charge in [0.2, 0.25) is 0 Å². The predicted octanol–water partition coefficient (Wildman–Crippen LogP) is 7.19. The number of allylic oxidation sites excluding steroid dienone is 4. The summed E-state index contributed by atoms with van der Waals surface area (Å²) in [6.45, 7) is 24.9. The maximum absolute atomic E-state index is 3.94. The zero-order valence-electron chi connectivity index (χ0n) is 14.8. The Balaban J connectivity index is -0.000000579. The van der Waals surface area contributed by atoms with Crippen LogP contribution in [-0.4, -0.2) is 0 Å². The zero-order valence-corrected chi connectivity index (χ0v) is 14.8. The van der Waals surface area contributed by atoms with Gasteiger partial charge in [0.15, 0.2) is 0 Å². The Bertz CT molecular complexity index is 232. The Morgan fingerprint density at radius 1 is 0.842 bits per heavy atom. The third-order valence-electron chi connectivity index (χ3n) is 3.17. The molecule has 0 spiro atoms. The molecule has 0 saturated carbocycles. The summed E-state index contributed by atoms with van der Waals surface area (Å²) in [7, 11) is 0. The summed E-state index contributed by atoms with van der Waals surface area (Å²) in [6, 6.07) is 0. The van der Waals surface area contributed by atoms with Crippen molar-refractivity contribution >= 4 is 0 Å². The van der Waals surface area contributed by atoms with E-state index in [0.717, 1.165) is 6.42 Å². The van der Waals surface area contributed by atoms with Gasteiger partial charge in [0.05, 0.1) is 0 Å². The van der Waals surface area contributed by atoms with E-state index in [1.54, 1.807) is 0 Å². The molecule has 0 aromatic heterocycles. The minimum atomic E-state index is 0.592. The molecule has 114 valence electrons. The van der Waals surface area contributed by atoms with Gasteiger partial charge in [-0.3, -0.25) is 0 Å². The molecule has 0 rings (SSSR count). The molecule has 0 aliphatic rings. The minimum absolute atomic E-state index is 0.592. The van der Waals surface area contributed by atoms with Crippen molar-refractivity contribution in [2.45, 2.75) is 74.7 Å². The topological polar surface area (TPSA) is 0 Å². The molecule has 0 amide bonds. The molecule has 0 fully saturated rings. The van der Waals surface area contributed by atoms with E-state index in [1.165, 1.54) is 24.0 Å². The fourth-order valence-corrected chi connectivity index (χ4v) is 2.02. The summed E-state index contributed by atoms with van der Waals surface area (Å²) >= 11 is 0. The number of hydrogen-bond donors (Lipinski definition) is 0. The average molecular weight is 267 g/mol. The van der Waals surface area contributed by atoms with Gasteiger partial charge in [-0.1, -0.05) is 87.1 Å². The van der Waals surface area contributed by atoms with Crippen LogP contribution < -0.4 is 0 Å². The van der Waals surface area contributed by atoms with Gasteiger partial charge in [-0.2, -0.15) is 0 Å². The first kappa shape index (κ1) is 23.3. The molecular weight excluding hydrogens is 228 g/mol. The maximum atomic E-state index is 3.94. The molecule has 0 heteroatoms. The lowest BCUT2D eigenvalue weighted by Crippen LogP contribution is -2.05. The van der Waals surface area contributed by atoms with Crippen molar-refractivity contribution in [3.8, 4) is 0 Å². The minimum Gasteiger partial charge on any atom is -0.0988 e. The van der Waals surface area contributed by atoms with Crippen LogP contribution in [0.1, 0.15) is 74.7 Å². The molecule has 0 aromatic rings. The molecule has 0 aromatic carbocycles. The van der Waals surface area contributed by atoms with Gasteiger partial charge in [0.25, 0.3) is 0 Å². The Labute approximate surface area is 123 Å². The first-order valence-electron chi connectivity index (χ1n) is 8.11. The van der Waals surface area contributed by atoms with Crippen LogP contribution in [0, 0.1) is 11.8 Å². The first-order valence-corrected chi connectivity index (χ1v) is 8.11. The third-order valence-corrected chi connectivity index (χ3v) is 3.17. The molecule has 0 saturated heterocycles. The largest absolute Gasteiger partial charge is 0.0988 e. The zero-order chi connectivity index (χ0) is 15.8. The molecule has 0 nitrogen and oxygen atoms in total. The summed E-state index contributed by atoms with van der Waals surface area (Å²) in [5.41, 5.74) is 2.77. The molecule has 0 aliphatic heterocycles. The Hall–Kier alpha value is -0.780. The SMILES string of the molecule is C=C/C(=C(\C=C)C(C)CCC)C(C)CC.CC.CC. The van der Waals surface area contributed by atoms with E-state index < -0.39 is 0 Å². The molecule has 0 bridgehead atoms. The van der Waals surface area contributed by atoms with Gasteiger partial charge in [-0.05, 0) is 35.8 Å². The van der Waals surface area contributed by atoms with Crippen molar-refractivity contribution < 1.29 is 0 Å². The van der Waals surface area contributed by atoms with Crippen LogP contribution in [0.3, 0.4) is 0 Å². The third kappa shape index (κ3) is 9.76. The first-order chi connectivity index (χ1) is 9.12. The molecule has 19 heavy (non-hydrogen) atoms. The molecule has 0 aliphatic carbocycles. The number of hydrogen-bond acceptors (Lipinski definition) is 0. The highest BCUT2D eigenvalue weighted by atomic mass is 14.2. The summed E-state index contributed by atoms with van der Waals surface area (Å²) in [5.74, 6) is 1.20. The van der Waals surface area contributed by atoms with Gasteiger partial charge < -0.3 is 0 Å². The number of rotatable bonds is 7. The second-order valence-corrected chi connectivity index (χ2v) is 4.32. The van der Waals surface area contributed by atoms with Gasteiger partial charge >= 0.3 is 0 Å². The molecule has 2 unspecified atom stereocenters. The highest BCUT2D eigenvalue weighted by Crippen LogP contribution is 2.27. The molecule has 0 heterocycles. The van der Waals surface area contributed by atoms with Crippen LogP contribution in [0.2, 0.25) is 0 Å². The van der Waals surface area contributed by atoms with Crippen molar-refractivity contribution in [2.24, 2.45) is 11.8 Å². The average Bonchev–Trinajstić information content (AvgIpc) is 2.48. The van der Waals surface area contributed by atoms with Crippen molar-refractivity contribution in [1.82, 2.24) is 0 Å².